The molecule has 1 heterocycles. The van der Waals surface area contributed by atoms with Gasteiger partial charge in [-0.2, -0.15) is 8.42 Å². The van der Waals surface area contributed by atoms with E-state index in [1.54, 1.807) is 25.1 Å². The first-order valence-electron chi connectivity index (χ1n) is 7.99. The molecule has 25 heavy (non-hydrogen) atoms. The monoisotopic (exact) mass is 372 g/mol. The molecule has 0 radical (unpaired) electrons. The molecule has 1 aliphatic heterocycles. The van der Waals surface area contributed by atoms with E-state index in [4.69, 9.17) is 14.0 Å². The Hall–Kier alpha value is -1.84. The second-order valence-corrected chi connectivity index (χ2v) is 7.72. The van der Waals surface area contributed by atoms with Crippen LogP contribution in [0, 0.1) is 0 Å². The molecule has 1 aromatic carbocycles. The van der Waals surface area contributed by atoms with Crippen molar-refractivity contribution >= 4 is 22.0 Å². The standard InChI is InChI=1S/C16H24N2O6S/c1-6-18(15(19)17(5)25(20,21)22)11-8-9-13-12(10-11)16(3,4)14(24-13)23-7-2/h8-10,14H,6-7H2,1-5H3,(H,20,21,22). The molecule has 2 amide bonds. The summed E-state index contributed by atoms with van der Waals surface area (Å²) in [6, 6.07) is 4.34. The maximum Gasteiger partial charge on any atom is 0.363 e. The Morgan fingerprint density at radius 1 is 1.36 bits per heavy atom. The lowest BCUT2D eigenvalue weighted by Crippen LogP contribution is -2.44. The van der Waals surface area contributed by atoms with E-state index < -0.39 is 28.0 Å². The SMILES string of the molecule is CCOC1Oc2ccc(N(CC)C(=O)N(C)S(=O)(=O)O)cc2C1(C)C. The quantitative estimate of drug-likeness (QED) is 0.797. The van der Waals surface area contributed by atoms with Crippen LogP contribution in [0.2, 0.25) is 0 Å². The number of hydrogen-bond donors (Lipinski definition) is 1. The zero-order chi connectivity index (χ0) is 19.0. The summed E-state index contributed by atoms with van der Waals surface area (Å²) in [5, 5.41) is 0. The highest BCUT2D eigenvalue weighted by Gasteiger charge is 2.43. The first-order valence-corrected chi connectivity index (χ1v) is 9.39. The van der Waals surface area contributed by atoms with Gasteiger partial charge in [0.15, 0.2) is 0 Å². The van der Waals surface area contributed by atoms with Gasteiger partial charge in [-0.05, 0) is 45.9 Å². The van der Waals surface area contributed by atoms with Crippen LogP contribution in [0.4, 0.5) is 10.5 Å². The van der Waals surface area contributed by atoms with Crippen molar-refractivity contribution in [2.24, 2.45) is 0 Å². The molecule has 0 aromatic heterocycles. The van der Waals surface area contributed by atoms with E-state index in [0.29, 0.717) is 22.3 Å². The van der Waals surface area contributed by atoms with E-state index in [0.717, 1.165) is 12.6 Å². The minimum Gasteiger partial charge on any atom is -0.464 e. The van der Waals surface area contributed by atoms with Gasteiger partial charge in [-0.3, -0.25) is 9.45 Å². The summed E-state index contributed by atoms with van der Waals surface area (Å²) in [6.07, 6.45) is -0.436. The maximum absolute atomic E-state index is 12.4. The number of hydrogen-bond acceptors (Lipinski definition) is 5. The minimum absolute atomic E-state index is 0.230. The topological polar surface area (TPSA) is 96.4 Å². The van der Waals surface area contributed by atoms with Gasteiger partial charge in [0.1, 0.15) is 5.75 Å². The van der Waals surface area contributed by atoms with Gasteiger partial charge < -0.3 is 9.47 Å². The van der Waals surface area contributed by atoms with Crippen LogP contribution < -0.4 is 9.64 Å². The molecule has 140 valence electrons. The maximum atomic E-state index is 12.4. The van der Waals surface area contributed by atoms with E-state index in [1.807, 2.05) is 20.8 Å². The van der Waals surface area contributed by atoms with Crippen molar-refractivity contribution in [3.8, 4) is 5.75 Å². The second-order valence-electron chi connectivity index (χ2n) is 6.28. The Labute approximate surface area is 148 Å². The molecule has 0 spiro atoms. The summed E-state index contributed by atoms with van der Waals surface area (Å²) >= 11 is 0. The van der Waals surface area contributed by atoms with Gasteiger partial charge in [0, 0.05) is 31.5 Å². The fourth-order valence-corrected chi connectivity index (χ4v) is 3.07. The number of benzene rings is 1. The van der Waals surface area contributed by atoms with Gasteiger partial charge in [0.05, 0.1) is 5.41 Å². The van der Waals surface area contributed by atoms with Gasteiger partial charge in [-0.15, -0.1) is 0 Å². The normalized spacial score (nSPS) is 18.4. The van der Waals surface area contributed by atoms with Crippen molar-refractivity contribution in [3.05, 3.63) is 23.8 Å². The number of ether oxygens (including phenoxy) is 2. The summed E-state index contributed by atoms with van der Waals surface area (Å²) < 4.78 is 43.3. The number of anilines is 1. The van der Waals surface area contributed by atoms with Crippen molar-refractivity contribution in [3.63, 3.8) is 0 Å². The van der Waals surface area contributed by atoms with E-state index in [1.165, 1.54) is 4.90 Å². The van der Waals surface area contributed by atoms with E-state index in [-0.39, 0.29) is 6.54 Å². The lowest BCUT2D eigenvalue weighted by Gasteiger charge is -2.27. The molecule has 1 unspecified atom stereocenters. The predicted octanol–water partition coefficient (Wildman–Crippen LogP) is 2.40. The number of carbonyl (C=O) groups is 1. The predicted molar refractivity (Wildman–Crippen MR) is 93.2 cm³/mol. The van der Waals surface area contributed by atoms with Crippen LogP contribution in [-0.4, -0.2) is 49.8 Å². The fourth-order valence-electron chi connectivity index (χ4n) is 2.77. The van der Waals surface area contributed by atoms with Crippen molar-refractivity contribution < 1.29 is 27.2 Å². The summed E-state index contributed by atoms with van der Waals surface area (Å²) in [4.78, 5) is 13.7. The average Bonchev–Trinajstić information content (AvgIpc) is 2.78. The third-order valence-electron chi connectivity index (χ3n) is 4.27. The van der Waals surface area contributed by atoms with E-state index >= 15 is 0 Å². The van der Waals surface area contributed by atoms with Crippen LogP contribution in [0.3, 0.4) is 0 Å². The number of nitrogens with zero attached hydrogens (tertiary/aromatic N) is 2. The summed E-state index contributed by atoms with van der Waals surface area (Å²) in [7, 11) is -3.61. The minimum atomic E-state index is -4.62. The Balaban J connectivity index is 2.39. The molecule has 0 saturated carbocycles. The zero-order valence-corrected chi connectivity index (χ0v) is 15.8. The molecule has 8 nitrogen and oxygen atoms in total. The Bertz CT molecular complexity index is 762. The Kier molecular flexibility index (Phi) is 5.31. The van der Waals surface area contributed by atoms with E-state index in [9.17, 15) is 13.2 Å². The third-order valence-corrected chi connectivity index (χ3v) is 5.12. The Morgan fingerprint density at radius 3 is 2.52 bits per heavy atom. The zero-order valence-electron chi connectivity index (χ0n) is 15.0. The van der Waals surface area contributed by atoms with Crippen LogP contribution in [0.25, 0.3) is 0 Å². The van der Waals surface area contributed by atoms with Gasteiger partial charge in [0.2, 0.25) is 6.29 Å². The molecule has 1 atom stereocenters. The van der Waals surface area contributed by atoms with Crippen LogP contribution in [0.5, 0.6) is 5.75 Å². The average molecular weight is 372 g/mol. The molecule has 0 fully saturated rings. The number of carbonyl (C=O) groups excluding carboxylic acids is 1. The number of urea groups is 1. The first kappa shape index (κ1) is 19.5. The van der Waals surface area contributed by atoms with Crippen LogP contribution in [0.15, 0.2) is 18.2 Å². The molecule has 9 heteroatoms. The van der Waals surface area contributed by atoms with Crippen molar-refractivity contribution in [2.75, 3.05) is 25.1 Å². The van der Waals surface area contributed by atoms with Gasteiger partial charge in [-0.25, -0.2) is 9.10 Å². The van der Waals surface area contributed by atoms with Crippen molar-refractivity contribution in [1.82, 2.24) is 4.31 Å². The van der Waals surface area contributed by atoms with Gasteiger partial charge in [-0.1, -0.05) is 0 Å². The number of amides is 2. The second kappa shape index (κ2) is 6.81. The van der Waals surface area contributed by atoms with Crippen molar-refractivity contribution in [2.45, 2.75) is 39.4 Å². The molecule has 1 aromatic rings. The largest absolute Gasteiger partial charge is 0.464 e. The van der Waals surface area contributed by atoms with Gasteiger partial charge >= 0.3 is 16.3 Å². The third kappa shape index (κ3) is 3.58. The molecule has 0 bridgehead atoms. The van der Waals surface area contributed by atoms with Crippen LogP contribution in [0.1, 0.15) is 33.3 Å². The molecular weight excluding hydrogens is 348 g/mol. The molecular formula is C16H24N2O6S. The number of rotatable bonds is 5. The highest BCUT2D eigenvalue weighted by molar-refractivity contribution is 7.83. The number of fused-ring (bicyclic) bond motifs is 1. The lowest BCUT2D eigenvalue weighted by molar-refractivity contribution is -0.0981. The summed E-state index contributed by atoms with van der Waals surface area (Å²) in [6.45, 7) is 8.29. The Morgan fingerprint density at radius 2 is 2.00 bits per heavy atom. The smallest absolute Gasteiger partial charge is 0.363 e. The molecule has 2 rings (SSSR count). The van der Waals surface area contributed by atoms with E-state index in [2.05, 4.69) is 0 Å². The fraction of sp³-hybridized carbons (Fsp3) is 0.562. The van der Waals surface area contributed by atoms with Crippen LogP contribution >= 0.6 is 0 Å². The van der Waals surface area contributed by atoms with Gasteiger partial charge in [0.25, 0.3) is 0 Å². The lowest BCUT2D eigenvalue weighted by atomic mass is 9.85. The summed E-state index contributed by atoms with van der Waals surface area (Å²) in [5.74, 6) is 0.666. The van der Waals surface area contributed by atoms with Crippen molar-refractivity contribution in [1.29, 1.82) is 0 Å². The molecule has 0 aliphatic carbocycles. The first-order chi connectivity index (χ1) is 11.5. The highest BCUT2D eigenvalue weighted by atomic mass is 32.2. The summed E-state index contributed by atoms with van der Waals surface area (Å²) in [5.41, 5.74) is 0.943. The molecule has 1 aliphatic rings. The molecule has 1 N–H and O–H groups in total. The highest BCUT2D eigenvalue weighted by Crippen LogP contribution is 2.44. The molecule has 0 saturated heterocycles. The van der Waals surface area contributed by atoms with Crippen LogP contribution in [-0.2, 0) is 20.5 Å².